The zero-order valence-corrected chi connectivity index (χ0v) is 19.1. The molecule has 0 aliphatic carbocycles. The van der Waals surface area contributed by atoms with Crippen LogP contribution in [-0.2, 0) is 23.7 Å². The summed E-state index contributed by atoms with van der Waals surface area (Å²) in [6.45, 7) is -0.388. The molecule has 0 amide bonds. The van der Waals surface area contributed by atoms with Crippen molar-refractivity contribution >= 4 is 64.0 Å². The van der Waals surface area contributed by atoms with E-state index in [1.807, 2.05) is 0 Å². The van der Waals surface area contributed by atoms with Gasteiger partial charge in [-0.3, -0.25) is 0 Å². The fourth-order valence-corrected chi connectivity index (χ4v) is 3.64. The van der Waals surface area contributed by atoms with Gasteiger partial charge in [0, 0.05) is 28.4 Å². The standard InChI is InChI=1S/C16H19Cl5O7/c1-24-6(5-22)12(25-2)14(26-3)15(27-4)16(23)28-13-10(20)8(18)7(17)9(19)11(13)21/h6,12,14-15,22H,5H2,1-4H3/t6-,12-,14+,15+/m1/s1. The van der Waals surface area contributed by atoms with E-state index in [0.717, 1.165) is 0 Å². The van der Waals surface area contributed by atoms with Crippen molar-refractivity contribution in [3.63, 3.8) is 0 Å². The number of ether oxygens (including phenoxy) is 5. The third-order valence-corrected chi connectivity index (χ3v) is 6.12. The highest BCUT2D eigenvalue weighted by Gasteiger charge is 2.41. The van der Waals surface area contributed by atoms with Gasteiger partial charge >= 0.3 is 5.97 Å². The minimum Gasteiger partial charge on any atom is -0.421 e. The van der Waals surface area contributed by atoms with Crippen molar-refractivity contribution in [3.05, 3.63) is 25.1 Å². The summed E-state index contributed by atoms with van der Waals surface area (Å²) in [5, 5.41) is 8.72. The van der Waals surface area contributed by atoms with E-state index in [2.05, 4.69) is 0 Å². The van der Waals surface area contributed by atoms with Crippen molar-refractivity contribution in [2.75, 3.05) is 35.0 Å². The van der Waals surface area contributed by atoms with Crippen molar-refractivity contribution < 1.29 is 33.6 Å². The molecule has 4 atom stereocenters. The lowest BCUT2D eigenvalue weighted by Crippen LogP contribution is -2.52. The van der Waals surface area contributed by atoms with Crippen LogP contribution in [0, 0.1) is 0 Å². The number of methoxy groups -OCH3 is 4. The van der Waals surface area contributed by atoms with Crippen molar-refractivity contribution in [1.29, 1.82) is 0 Å². The molecule has 0 unspecified atom stereocenters. The Morgan fingerprint density at radius 2 is 1.25 bits per heavy atom. The average molecular weight is 501 g/mol. The van der Waals surface area contributed by atoms with Crippen molar-refractivity contribution in [2.45, 2.75) is 24.4 Å². The number of hydrogen-bond acceptors (Lipinski definition) is 7. The van der Waals surface area contributed by atoms with Gasteiger partial charge in [0.1, 0.15) is 28.4 Å². The quantitative estimate of drug-likeness (QED) is 0.226. The molecule has 1 aromatic carbocycles. The molecule has 0 saturated carbocycles. The molecule has 28 heavy (non-hydrogen) atoms. The highest BCUT2D eigenvalue weighted by molar-refractivity contribution is 6.55. The van der Waals surface area contributed by atoms with Crippen LogP contribution in [0.2, 0.25) is 25.1 Å². The molecule has 1 aromatic rings. The first-order chi connectivity index (χ1) is 13.2. The molecule has 0 radical (unpaired) electrons. The molecule has 1 rings (SSSR count). The van der Waals surface area contributed by atoms with E-state index in [4.69, 9.17) is 81.7 Å². The number of aliphatic hydroxyl groups excluding tert-OH is 1. The SMILES string of the molecule is CO[C@@H]([C@H](OC)[C@@H](CO)OC)[C@H](OC)C(=O)Oc1c(Cl)c(Cl)c(Cl)c(Cl)c1Cl. The van der Waals surface area contributed by atoms with E-state index in [9.17, 15) is 9.90 Å². The Morgan fingerprint density at radius 1 is 0.786 bits per heavy atom. The van der Waals surface area contributed by atoms with Gasteiger partial charge in [0.2, 0.25) is 0 Å². The van der Waals surface area contributed by atoms with Crippen LogP contribution < -0.4 is 4.74 Å². The summed E-state index contributed by atoms with van der Waals surface area (Å²) in [5.74, 6) is -1.22. The molecule has 1 N–H and O–H groups in total. The van der Waals surface area contributed by atoms with Gasteiger partial charge in [-0.2, -0.15) is 0 Å². The average Bonchev–Trinajstić information content (AvgIpc) is 2.70. The second-order valence-corrected chi connectivity index (χ2v) is 7.22. The highest BCUT2D eigenvalue weighted by atomic mass is 35.5. The lowest BCUT2D eigenvalue weighted by Gasteiger charge is -2.33. The maximum Gasteiger partial charge on any atom is 0.343 e. The zero-order chi connectivity index (χ0) is 21.6. The number of benzene rings is 1. The Hall–Kier alpha value is -0.0600. The molecular formula is C16H19Cl5O7. The molecule has 0 aliphatic heterocycles. The van der Waals surface area contributed by atoms with Crippen LogP contribution in [0.4, 0.5) is 0 Å². The molecule has 0 bridgehead atoms. The number of aliphatic hydroxyl groups is 1. The van der Waals surface area contributed by atoms with E-state index in [0.29, 0.717) is 0 Å². The third-order valence-electron chi connectivity index (χ3n) is 3.87. The van der Waals surface area contributed by atoms with Crippen LogP contribution in [-0.4, -0.2) is 70.5 Å². The van der Waals surface area contributed by atoms with Gasteiger partial charge in [-0.1, -0.05) is 58.0 Å². The van der Waals surface area contributed by atoms with Crippen molar-refractivity contribution in [3.8, 4) is 5.75 Å². The number of esters is 1. The van der Waals surface area contributed by atoms with Crippen LogP contribution in [0.5, 0.6) is 5.75 Å². The number of halogens is 5. The first-order valence-corrected chi connectivity index (χ1v) is 9.54. The molecule has 12 heteroatoms. The molecule has 0 fully saturated rings. The van der Waals surface area contributed by atoms with Crippen molar-refractivity contribution in [2.24, 2.45) is 0 Å². The maximum absolute atomic E-state index is 12.8. The molecule has 160 valence electrons. The summed E-state index contributed by atoms with van der Waals surface area (Å²) in [4.78, 5) is 12.8. The monoisotopic (exact) mass is 498 g/mol. The minimum absolute atomic E-state index is 0.0819. The second-order valence-electron chi connectivity index (χ2n) is 5.33. The normalized spacial score (nSPS) is 15.8. The van der Waals surface area contributed by atoms with E-state index in [-0.39, 0.29) is 37.5 Å². The fraction of sp³-hybridized carbons (Fsp3) is 0.562. The van der Waals surface area contributed by atoms with Crippen LogP contribution in [0.1, 0.15) is 0 Å². The number of hydrogen-bond donors (Lipinski definition) is 1. The van der Waals surface area contributed by atoms with Crippen LogP contribution >= 0.6 is 58.0 Å². The number of rotatable bonds is 10. The summed E-state index contributed by atoms with van der Waals surface area (Å²) in [6, 6.07) is 0. The zero-order valence-electron chi connectivity index (χ0n) is 15.3. The van der Waals surface area contributed by atoms with E-state index >= 15 is 0 Å². The predicted molar refractivity (Wildman–Crippen MR) is 107 cm³/mol. The van der Waals surface area contributed by atoms with Gasteiger partial charge in [-0.25, -0.2) is 4.79 Å². The number of carbonyl (C=O) groups is 1. The second kappa shape index (κ2) is 12.0. The van der Waals surface area contributed by atoms with Gasteiger partial charge < -0.3 is 28.8 Å². The van der Waals surface area contributed by atoms with Crippen LogP contribution in [0.3, 0.4) is 0 Å². The molecular weight excluding hydrogens is 481 g/mol. The maximum atomic E-state index is 12.8. The Balaban J connectivity index is 3.24. The molecule has 0 aromatic heterocycles. The highest BCUT2D eigenvalue weighted by Crippen LogP contribution is 2.48. The smallest absolute Gasteiger partial charge is 0.343 e. The van der Waals surface area contributed by atoms with Gasteiger partial charge in [-0.15, -0.1) is 0 Å². The van der Waals surface area contributed by atoms with Gasteiger partial charge in [0.05, 0.1) is 21.7 Å². The van der Waals surface area contributed by atoms with E-state index < -0.39 is 30.4 Å². The Kier molecular flexibility index (Phi) is 11.1. The van der Waals surface area contributed by atoms with Gasteiger partial charge in [0.15, 0.2) is 11.9 Å². The van der Waals surface area contributed by atoms with Crippen LogP contribution in [0.25, 0.3) is 0 Å². The van der Waals surface area contributed by atoms with Crippen molar-refractivity contribution in [1.82, 2.24) is 0 Å². The summed E-state index contributed by atoms with van der Waals surface area (Å²) >= 11 is 30.0. The first-order valence-electron chi connectivity index (χ1n) is 7.65. The molecule has 0 spiro atoms. The predicted octanol–water partition coefficient (Wildman–Crippen LogP) is 3.91. The van der Waals surface area contributed by atoms with E-state index in [1.54, 1.807) is 0 Å². The summed E-state index contributed by atoms with van der Waals surface area (Å²) in [6.07, 6.45) is -4.00. The molecule has 0 aliphatic rings. The fourth-order valence-electron chi connectivity index (χ4n) is 2.44. The topological polar surface area (TPSA) is 83.5 Å². The third kappa shape index (κ3) is 5.55. The molecule has 7 nitrogen and oxygen atoms in total. The summed E-state index contributed by atoms with van der Waals surface area (Å²) < 4.78 is 26.3. The summed E-state index contributed by atoms with van der Waals surface area (Å²) in [5.41, 5.74) is 0. The van der Waals surface area contributed by atoms with Gasteiger partial charge in [0.25, 0.3) is 0 Å². The molecule has 0 heterocycles. The number of carbonyl (C=O) groups excluding carboxylic acids is 1. The van der Waals surface area contributed by atoms with E-state index in [1.165, 1.54) is 28.4 Å². The Morgan fingerprint density at radius 3 is 1.61 bits per heavy atom. The molecule has 0 saturated heterocycles. The summed E-state index contributed by atoms with van der Waals surface area (Å²) in [7, 11) is 5.33. The minimum atomic E-state index is -1.31. The lowest BCUT2D eigenvalue weighted by atomic mass is 10.0. The Labute approximate surface area is 187 Å². The Bertz CT molecular complexity index is 655. The van der Waals surface area contributed by atoms with Gasteiger partial charge in [-0.05, 0) is 0 Å². The first kappa shape index (κ1) is 26.0. The lowest BCUT2D eigenvalue weighted by molar-refractivity contribution is -0.177. The largest absolute Gasteiger partial charge is 0.421 e. The van der Waals surface area contributed by atoms with Crippen LogP contribution in [0.15, 0.2) is 0 Å².